The van der Waals surface area contributed by atoms with Gasteiger partial charge < -0.3 is 5.73 Å². The molecule has 0 amide bonds. The number of likely N-dealkylation sites (tertiary alicyclic amines) is 1. The summed E-state index contributed by atoms with van der Waals surface area (Å²) in [6.45, 7) is 7.29. The van der Waals surface area contributed by atoms with Crippen molar-refractivity contribution >= 4 is 0 Å². The minimum atomic E-state index is 0.438. The van der Waals surface area contributed by atoms with Crippen molar-refractivity contribution in [3.63, 3.8) is 0 Å². The van der Waals surface area contributed by atoms with E-state index in [0.29, 0.717) is 12.1 Å². The number of piperidine rings is 1. The quantitative estimate of drug-likeness (QED) is 0.781. The van der Waals surface area contributed by atoms with E-state index in [0.717, 1.165) is 11.8 Å². The molecular weight excluding hydrogens is 196 g/mol. The number of nitrogens with zero attached hydrogens (tertiary/aromatic N) is 1. The van der Waals surface area contributed by atoms with Crippen molar-refractivity contribution in [2.24, 2.45) is 17.6 Å². The lowest BCUT2D eigenvalue weighted by molar-refractivity contribution is 0.0725. The monoisotopic (exact) mass is 224 g/mol. The molecule has 2 rings (SSSR count). The molecule has 16 heavy (non-hydrogen) atoms. The summed E-state index contributed by atoms with van der Waals surface area (Å²) in [7, 11) is 0. The first-order valence-electron chi connectivity index (χ1n) is 7.20. The zero-order chi connectivity index (χ0) is 11.5. The van der Waals surface area contributed by atoms with Crippen molar-refractivity contribution in [3.05, 3.63) is 0 Å². The van der Waals surface area contributed by atoms with E-state index in [2.05, 4.69) is 18.7 Å². The second kappa shape index (κ2) is 5.50. The molecule has 94 valence electrons. The molecule has 4 unspecified atom stereocenters. The molecule has 1 saturated heterocycles. The summed E-state index contributed by atoms with van der Waals surface area (Å²) in [4.78, 5) is 2.70. The maximum atomic E-state index is 6.33. The Balaban J connectivity index is 1.94. The van der Waals surface area contributed by atoms with E-state index >= 15 is 0 Å². The molecule has 4 atom stereocenters. The maximum Gasteiger partial charge on any atom is 0.0249 e. The molecule has 1 aliphatic heterocycles. The molecule has 0 aromatic rings. The van der Waals surface area contributed by atoms with Crippen LogP contribution in [-0.4, -0.2) is 30.1 Å². The lowest BCUT2D eigenvalue weighted by atomic mass is 9.80. The lowest BCUT2D eigenvalue weighted by Crippen LogP contribution is -2.53. The molecule has 2 heteroatoms. The third kappa shape index (κ3) is 2.78. The average Bonchev–Trinajstić information content (AvgIpc) is 2.30. The summed E-state index contributed by atoms with van der Waals surface area (Å²) < 4.78 is 0. The van der Waals surface area contributed by atoms with Crippen molar-refractivity contribution in [1.29, 1.82) is 0 Å². The third-order valence-electron chi connectivity index (χ3n) is 4.71. The van der Waals surface area contributed by atoms with Crippen LogP contribution in [0.3, 0.4) is 0 Å². The normalized spacial score (nSPS) is 42.2. The second-order valence-corrected chi connectivity index (χ2v) is 6.06. The summed E-state index contributed by atoms with van der Waals surface area (Å²) >= 11 is 0. The Morgan fingerprint density at radius 1 is 1.25 bits per heavy atom. The molecule has 0 aromatic heterocycles. The molecule has 2 fully saturated rings. The summed E-state index contributed by atoms with van der Waals surface area (Å²) in [6, 6.07) is 1.12. The van der Waals surface area contributed by atoms with Crippen LogP contribution < -0.4 is 5.73 Å². The van der Waals surface area contributed by atoms with Gasteiger partial charge in [-0.1, -0.05) is 20.3 Å². The Morgan fingerprint density at radius 3 is 2.75 bits per heavy atom. The van der Waals surface area contributed by atoms with Crippen molar-refractivity contribution in [3.8, 4) is 0 Å². The van der Waals surface area contributed by atoms with Gasteiger partial charge in [-0.15, -0.1) is 0 Å². The fraction of sp³-hybridized carbons (Fsp3) is 1.00. The van der Waals surface area contributed by atoms with Crippen molar-refractivity contribution in [2.45, 2.75) is 64.5 Å². The first-order valence-corrected chi connectivity index (χ1v) is 7.20. The van der Waals surface area contributed by atoms with E-state index in [1.54, 1.807) is 0 Å². The lowest BCUT2D eigenvalue weighted by Gasteiger charge is -2.44. The van der Waals surface area contributed by atoms with Gasteiger partial charge in [0.15, 0.2) is 0 Å². The van der Waals surface area contributed by atoms with Gasteiger partial charge in [-0.3, -0.25) is 4.90 Å². The summed E-state index contributed by atoms with van der Waals surface area (Å²) in [5.74, 6) is 1.81. The highest BCUT2D eigenvalue weighted by molar-refractivity contribution is 4.90. The highest BCUT2D eigenvalue weighted by atomic mass is 15.2. The van der Waals surface area contributed by atoms with Crippen molar-refractivity contribution in [1.82, 2.24) is 4.90 Å². The molecule has 1 heterocycles. The summed E-state index contributed by atoms with van der Waals surface area (Å²) in [5.41, 5.74) is 6.33. The van der Waals surface area contributed by atoms with Crippen LogP contribution in [0.5, 0.6) is 0 Å². The Hall–Kier alpha value is -0.0800. The fourth-order valence-corrected chi connectivity index (χ4v) is 3.57. The Morgan fingerprint density at radius 2 is 2.06 bits per heavy atom. The molecule has 1 saturated carbocycles. The van der Waals surface area contributed by atoms with E-state index in [1.807, 2.05) is 0 Å². The Bertz CT molecular complexity index is 217. The van der Waals surface area contributed by atoms with Gasteiger partial charge in [0.2, 0.25) is 0 Å². The van der Waals surface area contributed by atoms with Gasteiger partial charge in [-0.05, 0) is 50.5 Å². The Kier molecular flexibility index (Phi) is 4.26. The van der Waals surface area contributed by atoms with Gasteiger partial charge in [-0.25, -0.2) is 0 Å². The van der Waals surface area contributed by atoms with Gasteiger partial charge in [0.25, 0.3) is 0 Å². The van der Waals surface area contributed by atoms with Crippen LogP contribution in [0.2, 0.25) is 0 Å². The van der Waals surface area contributed by atoms with Gasteiger partial charge in [0.05, 0.1) is 0 Å². The van der Waals surface area contributed by atoms with Gasteiger partial charge in [0.1, 0.15) is 0 Å². The van der Waals surface area contributed by atoms with E-state index in [1.165, 1.54) is 51.6 Å². The maximum absolute atomic E-state index is 6.33. The molecule has 2 nitrogen and oxygen atoms in total. The fourth-order valence-electron chi connectivity index (χ4n) is 3.57. The highest BCUT2D eigenvalue weighted by Gasteiger charge is 2.33. The molecule has 2 aliphatic rings. The summed E-state index contributed by atoms with van der Waals surface area (Å²) in [5, 5.41) is 0. The third-order valence-corrected chi connectivity index (χ3v) is 4.71. The van der Waals surface area contributed by atoms with Crippen LogP contribution in [0.15, 0.2) is 0 Å². The number of hydrogen-bond donors (Lipinski definition) is 1. The zero-order valence-electron chi connectivity index (χ0n) is 11.0. The topological polar surface area (TPSA) is 29.3 Å². The molecule has 1 aliphatic carbocycles. The predicted molar refractivity (Wildman–Crippen MR) is 69.4 cm³/mol. The Labute approximate surface area is 101 Å². The molecule has 0 bridgehead atoms. The highest BCUT2D eigenvalue weighted by Crippen LogP contribution is 2.31. The van der Waals surface area contributed by atoms with Crippen LogP contribution in [0.25, 0.3) is 0 Å². The standard InChI is InChI=1S/C14H28N2/c1-3-12-6-7-13(15)14(9-12)16-8-4-5-11(2)10-16/h11-14H,3-10,15H2,1-2H3. The van der Waals surface area contributed by atoms with Crippen LogP contribution in [-0.2, 0) is 0 Å². The molecule has 0 spiro atoms. The molecular formula is C14H28N2. The first kappa shape index (κ1) is 12.4. The van der Waals surface area contributed by atoms with Crippen LogP contribution in [0.1, 0.15) is 52.4 Å². The largest absolute Gasteiger partial charge is 0.326 e. The van der Waals surface area contributed by atoms with E-state index in [4.69, 9.17) is 5.73 Å². The van der Waals surface area contributed by atoms with Gasteiger partial charge in [-0.2, -0.15) is 0 Å². The van der Waals surface area contributed by atoms with Crippen LogP contribution in [0, 0.1) is 11.8 Å². The van der Waals surface area contributed by atoms with Crippen LogP contribution in [0.4, 0.5) is 0 Å². The number of rotatable bonds is 2. The van der Waals surface area contributed by atoms with E-state index in [9.17, 15) is 0 Å². The number of nitrogens with two attached hydrogens (primary N) is 1. The van der Waals surface area contributed by atoms with Crippen molar-refractivity contribution < 1.29 is 0 Å². The first-order chi connectivity index (χ1) is 7.70. The zero-order valence-corrected chi connectivity index (χ0v) is 11.0. The minimum Gasteiger partial charge on any atom is -0.326 e. The second-order valence-electron chi connectivity index (χ2n) is 6.06. The SMILES string of the molecule is CCC1CCC(N)C(N2CCCC(C)C2)C1. The smallest absolute Gasteiger partial charge is 0.0249 e. The van der Waals surface area contributed by atoms with E-state index in [-0.39, 0.29) is 0 Å². The van der Waals surface area contributed by atoms with Gasteiger partial charge in [0, 0.05) is 18.6 Å². The number of hydrogen-bond acceptors (Lipinski definition) is 2. The average molecular weight is 224 g/mol. The summed E-state index contributed by atoms with van der Waals surface area (Å²) in [6.07, 6.45) is 8.08. The molecule has 0 aromatic carbocycles. The van der Waals surface area contributed by atoms with E-state index < -0.39 is 0 Å². The molecule has 0 radical (unpaired) electrons. The van der Waals surface area contributed by atoms with Crippen molar-refractivity contribution in [2.75, 3.05) is 13.1 Å². The minimum absolute atomic E-state index is 0.438. The predicted octanol–water partition coefficient (Wildman–Crippen LogP) is 2.62. The van der Waals surface area contributed by atoms with Gasteiger partial charge >= 0.3 is 0 Å². The molecule has 2 N–H and O–H groups in total. The van der Waals surface area contributed by atoms with Crippen LogP contribution >= 0.6 is 0 Å².